The molecule has 1 unspecified atom stereocenters. The zero-order valence-corrected chi connectivity index (χ0v) is 9.36. The van der Waals surface area contributed by atoms with Crippen molar-refractivity contribution in [3.63, 3.8) is 0 Å². The first-order valence-electron chi connectivity index (χ1n) is 5.44. The molecule has 0 radical (unpaired) electrons. The van der Waals surface area contributed by atoms with Crippen LogP contribution >= 0.6 is 0 Å². The van der Waals surface area contributed by atoms with Gasteiger partial charge in [0.2, 0.25) is 0 Å². The average molecular weight is 192 g/mol. The fraction of sp³-hybridized carbons (Fsp3) is 0.538. The van der Waals surface area contributed by atoms with Crippen molar-refractivity contribution in [1.82, 2.24) is 0 Å². The second-order valence-electron chi connectivity index (χ2n) is 3.87. The molecule has 0 heterocycles. The summed E-state index contributed by atoms with van der Waals surface area (Å²) < 4.78 is 5.88. The summed E-state index contributed by atoms with van der Waals surface area (Å²) in [6.45, 7) is 6.37. The molecule has 1 nitrogen and oxygen atoms in total. The van der Waals surface area contributed by atoms with Crippen LogP contribution in [0.25, 0.3) is 0 Å². The van der Waals surface area contributed by atoms with Crippen LogP contribution in [-0.4, -0.2) is 6.10 Å². The summed E-state index contributed by atoms with van der Waals surface area (Å²) in [5.41, 5.74) is 1.29. The van der Waals surface area contributed by atoms with Crippen LogP contribution in [0.1, 0.15) is 45.3 Å². The van der Waals surface area contributed by atoms with Gasteiger partial charge in [0, 0.05) is 0 Å². The van der Waals surface area contributed by atoms with Gasteiger partial charge < -0.3 is 4.74 Å². The molecule has 0 aliphatic carbocycles. The van der Waals surface area contributed by atoms with Gasteiger partial charge in [-0.05, 0) is 25.8 Å². The lowest BCUT2D eigenvalue weighted by molar-refractivity contribution is 0.00135. The molecule has 0 bridgehead atoms. The Kier molecular flexibility index (Phi) is 4.68. The number of hydrogen-bond acceptors (Lipinski definition) is 1. The molecule has 0 saturated heterocycles. The Morgan fingerprint density at radius 2 is 1.79 bits per heavy atom. The normalized spacial score (nSPS) is 13.1. The first-order chi connectivity index (χ1) is 6.74. The van der Waals surface area contributed by atoms with Gasteiger partial charge in [-0.25, -0.2) is 0 Å². The number of benzene rings is 1. The largest absolute Gasteiger partial charge is 0.371 e. The Hall–Kier alpha value is -0.820. The number of rotatable bonds is 5. The molecule has 1 rings (SSSR count). The van der Waals surface area contributed by atoms with Crippen molar-refractivity contribution in [3.8, 4) is 0 Å². The zero-order valence-electron chi connectivity index (χ0n) is 9.36. The third-order valence-corrected chi connectivity index (χ3v) is 2.16. The van der Waals surface area contributed by atoms with Crippen LogP contribution in [0, 0.1) is 0 Å². The molecule has 0 aliphatic heterocycles. The van der Waals surface area contributed by atoms with E-state index in [-0.39, 0.29) is 6.10 Å². The topological polar surface area (TPSA) is 9.23 Å². The molecule has 78 valence electrons. The minimum Gasteiger partial charge on any atom is -0.371 e. The highest BCUT2D eigenvalue weighted by atomic mass is 16.5. The molecule has 1 aromatic rings. The lowest BCUT2D eigenvalue weighted by Gasteiger charge is -2.20. The smallest absolute Gasteiger partial charge is 0.0828 e. The summed E-state index contributed by atoms with van der Waals surface area (Å²) in [6.07, 6.45) is 2.82. The molecular formula is C13H20O. The van der Waals surface area contributed by atoms with E-state index in [2.05, 4.69) is 45.0 Å². The lowest BCUT2D eigenvalue weighted by Crippen LogP contribution is -2.10. The quantitative estimate of drug-likeness (QED) is 0.686. The van der Waals surface area contributed by atoms with E-state index in [4.69, 9.17) is 4.74 Å². The van der Waals surface area contributed by atoms with Crippen LogP contribution in [0.5, 0.6) is 0 Å². The highest BCUT2D eigenvalue weighted by Gasteiger charge is 2.11. The first-order valence-corrected chi connectivity index (χ1v) is 5.44. The van der Waals surface area contributed by atoms with E-state index in [9.17, 15) is 0 Å². The van der Waals surface area contributed by atoms with Crippen LogP contribution < -0.4 is 0 Å². The van der Waals surface area contributed by atoms with Gasteiger partial charge in [0.15, 0.2) is 0 Å². The van der Waals surface area contributed by atoms with Crippen LogP contribution in [0.2, 0.25) is 0 Å². The number of ether oxygens (including phenoxy) is 1. The Labute approximate surface area is 87.1 Å². The third-order valence-electron chi connectivity index (χ3n) is 2.16. The predicted molar refractivity (Wildman–Crippen MR) is 60.3 cm³/mol. The van der Waals surface area contributed by atoms with Gasteiger partial charge in [-0.3, -0.25) is 0 Å². The van der Waals surface area contributed by atoms with Crippen molar-refractivity contribution in [3.05, 3.63) is 35.9 Å². The first kappa shape index (κ1) is 11.3. The van der Waals surface area contributed by atoms with Crippen LogP contribution in [0.15, 0.2) is 30.3 Å². The third kappa shape index (κ3) is 3.51. The second-order valence-corrected chi connectivity index (χ2v) is 3.87. The number of hydrogen-bond donors (Lipinski definition) is 0. The SMILES string of the molecule is CCCC(OC(C)C)c1ccccc1. The molecule has 1 atom stereocenters. The van der Waals surface area contributed by atoms with Gasteiger partial charge in [-0.1, -0.05) is 43.7 Å². The Morgan fingerprint density at radius 1 is 1.14 bits per heavy atom. The highest BCUT2D eigenvalue weighted by molar-refractivity contribution is 5.17. The van der Waals surface area contributed by atoms with Crippen molar-refractivity contribution < 1.29 is 4.74 Å². The lowest BCUT2D eigenvalue weighted by atomic mass is 10.1. The van der Waals surface area contributed by atoms with Crippen molar-refractivity contribution >= 4 is 0 Å². The van der Waals surface area contributed by atoms with Crippen molar-refractivity contribution in [2.75, 3.05) is 0 Å². The standard InChI is InChI=1S/C13H20O/c1-4-8-13(14-11(2)3)12-9-6-5-7-10-12/h5-7,9-11,13H,4,8H2,1-3H3. The minimum absolute atomic E-state index is 0.265. The second kappa shape index (κ2) is 5.82. The molecule has 0 saturated carbocycles. The van der Waals surface area contributed by atoms with Gasteiger partial charge in [-0.15, -0.1) is 0 Å². The molecule has 14 heavy (non-hydrogen) atoms. The maximum absolute atomic E-state index is 5.88. The van der Waals surface area contributed by atoms with Crippen molar-refractivity contribution in [2.45, 2.75) is 45.8 Å². The molecule has 0 fully saturated rings. The molecule has 1 aromatic carbocycles. The Balaban J connectivity index is 2.67. The van der Waals surface area contributed by atoms with E-state index in [1.807, 2.05) is 6.07 Å². The van der Waals surface area contributed by atoms with Crippen LogP contribution in [0.4, 0.5) is 0 Å². The highest BCUT2D eigenvalue weighted by Crippen LogP contribution is 2.23. The molecule has 1 heteroatoms. The predicted octanol–water partition coefficient (Wildman–Crippen LogP) is 3.95. The van der Waals surface area contributed by atoms with Crippen molar-refractivity contribution in [1.29, 1.82) is 0 Å². The van der Waals surface area contributed by atoms with Crippen LogP contribution in [-0.2, 0) is 4.74 Å². The molecular weight excluding hydrogens is 172 g/mol. The summed E-state index contributed by atoms with van der Waals surface area (Å²) in [6, 6.07) is 10.5. The van der Waals surface area contributed by atoms with E-state index < -0.39 is 0 Å². The fourth-order valence-corrected chi connectivity index (χ4v) is 1.57. The molecule has 0 spiro atoms. The van der Waals surface area contributed by atoms with E-state index in [0.29, 0.717) is 6.10 Å². The summed E-state index contributed by atoms with van der Waals surface area (Å²) in [7, 11) is 0. The van der Waals surface area contributed by atoms with E-state index in [0.717, 1.165) is 12.8 Å². The van der Waals surface area contributed by atoms with Crippen molar-refractivity contribution in [2.24, 2.45) is 0 Å². The maximum Gasteiger partial charge on any atom is 0.0828 e. The van der Waals surface area contributed by atoms with Gasteiger partial charge in [0.1, 0.15) is 0 Å². The zero-order chi connectivity index (χ0) is 10.4. The maximum atomic E-state index is 5.88. The van der Waals surface area contributed by atoms with E-state index in [1.165, 1.54) is 5.56 Å². The summed E-state index contributed by atoms with van der Waals surface area (Å²) in [5.74, 6) is 0. The molecule has 0 aliphatic rings. The van der Waals surface area contributed by atoms with E-state index >= 15 is 0 Å². The molecule has 0 aromatic heterocycles. The molecule has 0 N–H and O–H groups in total. The molecule has 0 amide bonds. The monoisotopic (exact) mass is 192 g/mol. The minimum atomic E-state index is 0.265. The summed E-state index contributed by atoms with van der Waals surface area (Å²) >= 11 is 0. The Bertz CT molecular complexity index is 241. The average Bonchev–Trinajstić information content (AvgIpc) is 2.18. The van der Waals surface area contributed by atoms with Gasteiger partial charge in [0.05, 0.1) is 12.2 Å². The van der Waals surface area contributed by atoms with Gasteiger partial charge in [0.25, 0.3) is 0 Å². The fourth-order valence-electron chi connectivity index (χ4n) is 1.57. The summed E-state index contributed by atoms with van der Waals surface area (Å²) in [4.78, 5) is 0. The van der Waals surface area contributed by atoms with Crippen LogP contribution in [0.3, 0.4) is 0 Å². The summed E-state index contributed by atoms with van der Waals surface area (Å²) in [5, 5.41) is 0. The Morgan fingerprint density at radius 3 is 2.29 bits per heavy atom. The van der Waals surface area contributed by atoms with Gasteiger partial charge >= 0.3 is 0 Å². The van der Waals surface area contributed by atoms with E-state index in [1.54, 1.807) is 0 Å². The van der Waals surface area contributed by atoms with Gasteiger partial charge in [-0.2, -0.15) is 0 Å².